The highest BCUT2D eigenvalue weighted by Crippen LogP contribution is 2.24. The SMILES string of the molecule is O=C(/C=C/CN1CCOCC1)N1CCN(c2ncnc3[nH]c(C#CCOc4ccccc4)cc23)CC1. The maximum atomic E-state index is 12.6. The molecule has 1 aromatic carbocycles. The number of carbonyl (C=O) groups is 1. The van der Waals surface area contributed by atoms with E-state index in [1.54, 1.807) is 12.4 Å². The van der Waals surface area contributed by atoms with Crippen molar-refractivity contribution in [3.05, 3.63) is 60.6 Å². The first-order valence-corrected chi connectivity index (χ1v) is 12.3. The van der Waals surface area contributed by atoms with E-state index in [1.807, 2.05) is 47.4 Å². The average molecular weight is 487 g/mol. The number of aromatic amines is 1. The van der Waals surface area contributed by atoms with Crippen molar-refractivity contribution in [3.63, 3.8) is 0 Å². The molecule has 4 heterocycles. The maximum Gasteiger partial charge on any atom is 0.246 e. The van der Waals surface area contributed by atoms with Gasteiger partial charge in [-0.15, -0.1) is 0 Å². The molecule has 1 amide bonds. The van der Waals surface area contributed by atoms with Crippen LogP contribution >= 0.6 is 0 Å². The first kappa shape index (κ1) is 23.9. The van der Waals surface area contributed by atoms with Crippen LogP contribution in [-0.2, 0) is 9.53 Å². The van der Waals surface area contributed by atoms with Gasteiger partial charge in [0.15, 0.2) is 0 Å². The van der Waals surface area contributed by atoms with Crippen molar-refractivity contribution in [3.8, 4) is 17.6 Å². The Labute approximate surface area is 210 Å². The smallest absolute Gasteiger partial charge is 0.246 e. The number of H-pyrrole nitrogens is 1. The van der Waals surface area contributed by atoms with Crippen molar-refractivity contribution in [2.24, 2.45) is 0 Å². The molecule has 0 saturated carbocycles. The number of hydrogen-bond acceptors (Lipinski definition) is 7. The third-order valence-electron chi connectivity index (χ3n) is 6.30. The van der Waals surface area contributed by atoms with Crippen molar-refractivity contribution in [2.45, 2.75) is 0 Å². The molecule has 0 atom stereocenters. The molecule has 2 aliphatic rings. The molecular weight excluding hydrogens is 456 g/mol. The molecule has 1 N–H and O–H groups in total. The van der Waals surface area contributed by atoms with Crippen molar-refractivity contribution in [1.29, 1.82) is 0 Å². The van der Waals surface area contributed by atoms with Crippen LogP contribution in [0.4, 0.5) is 5.82 Å². The van der Waals surface area contributed by atoms with Gasteiger partial charge in [0, 0.05) is 51.9 Å². The lowest BCUT2D eigenvalue weighted by molar-refractivity contribution is -0.126. The van der Waals surface area contributed by atoms with E-state index in [0.29, 0.717) is 32.8 Å². The van der Waals surface area contributed by atoms with E-state index in [2.05, 4.69) is 36.6 Å². The summed E-state index contributed by atoms with van der Waals surface area (Å²) in [6.07, 6.45) is 5.23. The van der Waals surface area contributed by atoms with E-state index < -0.39 is 0 Å². The van der Waals surface area contributed by atoms with Crippen LogP contribution in [0.2, 0.25) is 0 Å². The number of hydrogen-bond donors (Lipinski definition) is 1. The van der Waals surface area contributed by atoms with Crippen LogP contribution in [-0.4, -0.2) is 96.3 Å². The Morgan fingerprint density at radius 1 is 1.08 bits per heavy atom. The van der Waals surface area contributed by atoms with Gasteiger partial charge in [-0.3, -0.25) is 9.69 Å². The lowest BCUT2D eigenvalue weighted by Crippen LogP contribution is -2.48. The molecule has 186 valence electrons. The summed E-state index contributed by atoms with van der Waals surface area (Å²) in [6.45, 7) is 7.17. The number of ether oxygens (including phenoxy) is 2. The number of piperazine rings is 1. The van der Waals surface area contributed by atoms with E-state index in [0.717, 1.165) is 61.1 Å². The normalized spacial score (nSPS) is 16.8. The predicted molar refractivity (Wildman–Crippen MR) is 138 cm³/mol. The predicted octanol–water partition coefficient (Wildman–Crippen LogP) is 1.93. The van der Waals surface area contributed by atoms with E-state index in [4.69, 9.17) is 9.47 Å². The van der Waals surface area contributed by atoms with Crippen molar-refractivity contribution >= 4 is 22.8 Å². The minimum absolute atomic E-state index is 0.0627. The van der Waals surface area contributed by atoms with Gasteiger partial charge in [0.05, 0.1) is 24.3 Å². The molecule has 0 radical (unpaired) electrons. The molecule has 0 unspecified atom stereocenters. The quantitative estimate of drug-likeness (QED) is 0.421. The summed E-state index contributed by atoms with van der Waals surface area (Å²) >= 11 is 0. The number of nitrogens with one attached hydrogen (secondary N) is 1. The number of benzene rings is 1. The van der Waals surface area contributed by atoms with E-state index >= 15 is 0 Å². The molecular formula is C27H30N6O3. The van der Waals surface area contributed by atoms with Gasteiger partial charge in [0.25, 0.3) is 0 Å². The molecule has 2 fully saturated rings. The molecule has 0 aliphatic carbocycles. The molecule has 9 nitrogen and oxygen atoms in total. The van der Waals surface area contributed by atoms with Crippen molar-refractivity contribution in [1.82, 2.24) is 24.8 Å². The average Bonchev–Trinajstić information content (AvgIpc) is 3.35. The van der Waals surface area contributed by atoms with Crippen LogP contribution in [0.1, 0.15) is 5.69 Å². The fraction of sp³-hybridized carbons (Fsp3) is 0.370. The monoisotopic (exact) mass is 486 g/mol. The van der Waals surface area contributed by atoms with Gasteiger partial charge < -0.3 is 24.3 Å². The molecule has 3 aromatic rings. The van der Waals surface area contributed by atoms with Crippen LogP contribution in [0.3, 0.4) is 0 Å². The van der Waals surface area contributed by atoms with Crippen LogP contribution in [0.25, 0.3) is 11.0 Å². The van der Waals surface area contributed by atoms with E-state index in [1.165, 1.54) is 0 Å². The van der Waals surface area contributed by atoms with Gasteiger partial charge in [-0.05, 0) is 24.1 Å². The van der Waals surface area contributed by atoms with Gasteiger partial charge in [0.1, 0.15) is 30.1 Å². The Kier molecular flexibility index (Phi) is 7.76. The summed E-state index contributed by atoms with van der Waals surface area (Å²) in [6, 6.07) is 11.6. The maximum absolute atomic E-state index is 12.6. The molecule has 0 bridgehead atoms. The molecule has 2 saturated heterocycles. The lowest BCUT2D eigenvalue weighted by atomic mass is 10.2. The van der Waals surface area contributed by atoms with Gasteiger partial charge in [-0.25, -0.2) is 9.97 Å². The third-order valence-corrected chi connectivity index (χ3v) is 6.30. The van der Waals surface area contributed by atoms with E-state index in [9.17, 15) is 4.79 Å². The largest absolute Gasteiger partial charge is 0.481 e. The number of nitrogens with zero attached hydrogens (tertiary/aromatic N) is 5. The summed E-state index contributed by atoms with van der Waals surface area (Å²) in [5, 5.41) is 0.927. The van der Waals surface area contributed by atoms with Gasteiger partial charge >= 0.3 is 0 Å². The molecule has 2 aromatic heterocycles. The molecule has 5 rings (SSSR count). The highest BCUT2D eigenvalue weighted by atomic mass is 16.5. The molecule has 0 spiro atoms. The summed E-state index contributed by atoms with van der Waals surface area (Å²) < 4.78 is 11.0. The van der Waals surface area contributed by atoms with Crippen molar-refractivity contribution in [2.75, 3.05) is 70.5 Å². The first-order valence-electron chi connectivity index (χ1n) is 12.3. The van der Waals surface area contributed by atoms with Crippen LogP contribution in [0, 0.1) is 11.8 Å². The lowest BCUT2D eigenvalue weighted by Gasteiger charge is -2.35. The minimum atomic E-state index is 0.0627. The Balaban J connectivity index is 1.16. The zero-order chi connectivity index (χ0) is 24.6. The zero-order valence-electron chi connectivity index (χ0n) is 20.2. The summed E-state index contributed by atoms with van der Waals surface area (Å²) in [5.41, 5.74) is 1.51. The van der Waals surface area contributed by atoms with Crippen molar-refractivity contribution < 1.29 is 14.3 Å². The van der Waals surface area contributed by atoms with Crippen LogP contribution in [0.15, 0.2) is 54.9 Å². The number of carbonyl (C=O) groups excluding carboxylic acids is 1. The van der Waals surface area contributed by atoms with Crippen LogP contribution < -0.4 is 9.64 Å². The van der Waals surface area contributed by atoms with E-state index in [-0.39, 0.29) is 5.91 Å². The van der Waals surface area contributed by atoms with Gasteiger partial charge in [-0.2, -0.15) is 0 Å². The number of fused-ring (bicyclic) bond motifs is 1. The standard InChI is InChI=1S/C27H30N6O3/c34-25(9-4-10-31-15-18-35-19-16-31)32-11-13-33(14-12-32)27-24-20-22(30-26(24)28-21-29-27)6-5-17-36-23-7-2-1-3-8-23/h1-4,7-9,20-21H,10-19H2,(H,28,29,30)/b9-4+. The molecule has 9 heteroatoms. The second-order valence-corrected chi connectivity index (χ2v) is 8.67. The Morgan fingerprint density at radius 3 is 2.69 bits per heavy atom. The Morgan fingerprint density at radius 2 is 1.89 bits per heavy atom. The molecule has 36 heavy (non-hydrogen) atoms. The summed E-state index contributed by atoms with van der Waals surface area (Å²) in [5.74, 6) is 7.87. The minimum Gasteiger partial charge on any atom is -0.481 e. The Hall–Kier alpha value is -3.87. The summed E-state index contributed by atoms with van der Waals surface area (Å²) in [7, 11) is 0. The zero-order valence-corrected chi connectivity index (χ0v) is 20.2. The highest BCUT2D eigenvalue weighted by Gasteiger charge is 2.22. The topological polar surface area (TPSA) is 86.8 Å². The number of morpholine rings is 1. The number of para-hydroxylation sites is 1. The number of amides is 1. The Bertz CT molecular complexity index is 1250. The van der Waals surface area contributed by atoms with Gasteiger partial charge in [-0.1, -0.05) is 30.2 Å². The fourth-order valence-corrected chi connectivity index (χ4v) is 4.34. The third kappa shape index (κ3) is 6.03. The second-order valence-electron chi connectivity index (χ2n) is 8.67. The highest BCUT2D eigenvalue weighted by molar-refractivity contribution is 5.90. The summed E-state index contributed by atoms with van der Waals surface area (Å²) in [4.78, 5) is 31.2. The number of anilines is 1. The second kappa shape index (κ2) is 11.7. The van der Waals surface area contributed by atoms with Gasteiger partial charge in [0.2, 0.25) is 5.91 Å². The fourth-order valence-electron chi connectivity index (χ4n) is 4.34. The van der Waals surface area contributed by atoms with Crippen LogP contribution in [0.5, 0.6) is 5.75 Å². The number of rotatable bonds is 6. The number of aromatic nitrogens is 3. The first-order chi connectivity index (χ1) is 17.8. The molecule has 2 aliphatic heterocycles.